The molecule has 0 amide bonds. The van der Waals surface area contributed by atoms with E-state index >= 15 is 0 Å². The normalized spacial score (nSPS) is 29.3. The van der Waals surface area contributed by atoms with Crippen LogP contribution < -0.4 is 0 Å². The van der Waals surface area contributed by atoms with Crippen molar-refractivity contribution in [3.63, 3.8) is 0 Å². The smallest absolute Gasteiger partial charge is 0.175 e. The molecule has 1 spiro atoms. The Morgan fingerprint density at radius 3 is 2.37 bits per heavy atom. The highest BCUT2D eigenvalue weighted by molar-refractivity contribution is 5.23. The molecule has 0 unspecified atom stereocenters. The van der Waals surface area contributed by atoms with Crippen LogP contribution in [0.4, 0.5) is 0 Å². The fourth-order valence-corrected chi connectivity index (χ4v) is 3.28. The molecule has 1 aliphatic heterocycles. The van der Waals surface area contributed by atoms with E-state index in [1.165, 1.54) is 24.8 Å². The lowest BCUT2D eigenvalue weighted by Gasteiger charge is -2.49. The van der Waals surface area contributed by atoms with Gasteiger partial charge in [-0.25, -0.2) is 0 Å². The summed E-state index contributed by atoms with van der Waals surface area (Å²) in [4.78, 5) is 0. The van der Waals surface area contributed by atoms with E-state index < -0.39 is 0 Å². The second-order valence-electron chi connectivity index (χ2n) is 6.76. The highest BCUT2D eigenvalue weighted by atomic mass is 16.7. The van der Waals surface area contributed by atoms with Gasteiger partial charge < -0.3 is 9.47 Å². The minimum absolute atomic E-state index is 0.143. The quantitative estimate of drug-likeness (QED) is 0.756. The van der Waals surface area contributed by atoms with Gasteiger partial charge in [-0.2, -0.15) is 0 Å². The molecule has 1 heterocycles. The molecule has 3 rings (SSSR count). The molecule has 1 aliphatic carbocycles. The van der Waals surface area contributed by atoms with E-state index in [1.807, 2.05) is 0 Å². The van der Waals surface area contributed by atoms with Crippen molar-refractivity contribution in [3.05, 3.63) is 35.9 Å². The topological polar surface area (TPSA) is 18.5 Å². The Labute approximate surface area is 116 Å². The van der Waals surface area contributed by atoms with E-state index in [2.05, 4.69) is 44.2 Å². The fraction of sp³-hybridized carbons (Fsp3) is 0.647. The van der Waals surface area contributed by atoms with Crippen LogP contribution in [0, 0.1) is 5.41 Å². The van der Waals surface area contributed by atoms with Gasteiger partial charge in [0.1, 0.15) is 0 Å². The maximum absolute atomic E-state index is 6.27. The number of ether oxygens (including phenoxy) is 2. The van der Waals surface area contributed by atoms with Crippen LogP contribution in [0.3, 0.4) is 0 Å². The maximum Gasteiger partial charge on any atom is 0.175 e. The first kappa shape index (κ1) is 13.1. The van der Waals surface area contributed by atoms with Crippen molar-refractivity contribution in [2.24, 2.45) is 5.41 Å². The van der Waals surface area contributed by atoms with Crippen LogP contribution in [0.25, 0.3) is 0 Å². The van der Waals surface area contributed by atoms with Gasteiger partial charge in [0.25, 0.3) is 0 Å². The summed E-state index contributed by atoms with van der Waals surface area (Å²) < 4.78 is 12.5. The van der Waals surface area contributed by atoms with Crippen LogP contribution in [0.1, 0.15) is 51.0 Å². The molecule has 1 atom stereocenters. The Bertz CT molecular complexity index is 414. The first-order valence-corrected chi connectivity index (χ1v) is 7.44. The minimum atomic E-state index is -0.366. The second kappa shape index (κ2) is 4.92. The average molecular weight is 260 g/mol. The van der Waals surface area contributed by atoms with Gasteiger partial charge in [-0.3, -0.25) is 0 Å². The molecule has 19 heavy (non-hydrogen) atoms. The van der Waals surface area contributed by atoms with Crippen molar-refractivity contribution < 1.29 is 9.47 Å². The molecule has 1 aromatic carbocycles. The highest BCUT2D eigenvalue weighted by Gasteiger charge is 2.48. The van der Waals surface area contributed by atoms with Gasteiger partial charge in [0.15, 0.2) is 5.79 Å². The second-order valence-corrected chi connectivity index (χ2v) is 6.76. The lowest BCUT2D eigenvalue weighted by Crippen LogP contribution is -2.52. The first-order chi connectivity index (χ1) is 9.11. The van der Waals surface area contributed by atoms with Crippen molar-refractivity contribution in [1.82, 2.24) is 0 Å². The SMILES string of the molecule is CC1(C)COC2(CCCC[C@H]2c2ccccc2)OC1. The molecular weight excluding hydrogens is 236 g/mol. The molecule has 104 valence electrons. The summed E-state index contributed by atoms with van der Waals surface area (Å²) in [5.74, 6) is 0.0216. The molecule has 2 aliphatic rings. The Morgan fingerprint density at radius 1 is 1.00 bits per heavy atom. The zero-order chi connectivity index (χ0) is 13.3. The summed E-state index contributed by atoms with van der Waals surface area (Å²) in [6.45, 7) is 6.02. The number of rotatable bonds is 1. The third kappa shape index (κ3) is 2.56. The van der Waals surface area contributed by atoms with Gasteiger partial charge in [-0.15, -0.1) is 0 Å². The largest absolute Gasteiger partial charge is 0.349 e. The van der Waals surface area contributed by atoms with E-state index in [9.17, 15) is 0 Å². The van der Waals surface area contributed by atoms with Crippen LogP contribution in [0.2, 0.25) is 0 Å². The van der Waals surface area contributed by atoms with E-state index in [0.717, 1.165) is 19.6 Å². The molecule has 2 nitrogen and oxygen atoms in total. The zero-order valence-electron chi connectivity index (χ0n) is 12.0. The molecule has 2 fully saturated rings. The molecule has 0 aromatic heterocycles. The van der Waals surface area contributed by atoms with Crippen LogP contribution in [0.15, 0.2) is 30.3 Å². The molecule has 0 N–H and O–H groups in total. The highest BCUT2D eigenvalue weighted by Crippen LogP contribution is 2.47. The molecule has 0 radical (unpaired) electrons. The van der Waals surface area contributed by atoms with Crippen molar-refractivity contribution in [1.29, 1.82) is 0 Å². The Kier molecular flexibility index (Phi) is 3.40. The Hall–Kier alpha value is -0.860. The minimum Gasteiger partial charge on any atom is -0.349 e. The van der Waals surface area contributed by atoms with Crippen LogP contribution >= 0.6 is 0 Å². The van der Waals surface area contributed by atoms with Crippen molar-refractivity contribution >= 4 is 0 Å². The molecular formula is C17H24O2. The number of benzene rings is 1. The number of hydrogen-bond acceptors (Lipinski definition) is 2. The average Bonchev–Trinajstić information content (AvgIpc) is 2.44. The van der Waals surface area contributed by atoms with Crippen LogP contribution in [-0.4, -0.2) is 19.0 Å². The summed E-state index contributed by atoms with van der Waals surface area (Å²) in [6, 6.07) is 10.7. The molecule has 1 saturated carbocycles. The summed E-state index contributed by atoms with van der Waals surface area (Å²) in [5, 5.41) is 0. The van der Waals surface area contributed by atoms with Crippen LogP contribution in [-0.2, 0) is 9.47 Å². The van der Waals surface area contributed by atoms with E-state index in [4.69, 9.17) is 9.47 Å². The van der Waals surface area contributed by atoms with Gasteiger partial charge >= 0.3 is 0 Å². The third-order valence-electron chi connectivity index (χ3n) is 4.42. The fourth-order valence-electron chi connectivity index (χ4n) is 3.28. The van der Waals surface area contributed by atoms with Gasteiger partial charge in [0.2, 0.25) is 0 Å². The van der Waals surface area contributed by atoms with Crippen molar-refractivity contribution in [3.8, 4) is 0 Å². The zero-order valence-corrected chi connectivity index (χ0v) is 12.0. The summed E-state index contributed by atoms with van der Waals surface area (Å²) >= 11 is 0. The summed E-state index contributed by atoms with van der Waals surface area (Å²) in [5.41, 5.74) is 1.51. The maximum atomic E-state index is 6.27. The molecule has 1 saturated heterocycles. The molecule has 2 heteroatoms. The number of hydrogen-bond donors (Lipinski definition) is 0. The van der Waals surface area contributed by atoms with E-state index in [0.29, 0.717) is 5.92 Å². The van der Waals surface area contributed by atoms with Gasteiger partial charge in [0, 0.05) is 17.8 Å². The Balaban J connectivity index is 1.86. The predicted molar refractivity (Wildman–Crippen MR) is 76.1 cm³/mol. The molecule has 1 aromatic rings. The Morgan fingerprint density at radius 2 is 1.68 bits per heavy atom. The van der Waals surface area contributed by atoms with E-state index in [-0.39, 0.29) is 11.2 Å². The first-order valence-electron chi connectivity index (χ1n) is 7.44. The van der Waals surface area contributed by atoms with Crippen molar-refractivity contribution in [2.45, 2.75) is 51.2 Å². The lowest BCUT2D eigenvalue weighted by atomic mass is 9.77. The summed E-state index contributed by atoms with van der Waals surface area (Å²) in [6.07, 6.45) is 4.69. The summed E-state index contributed by atoms with van der Waals surface area (Å²) in [7, 11) is 0. The van der Waals surface area contributed by atoms with Gasteiger partial charge in [-0.05, 0) is 18.4 Å². The molecule has 0 bridgehead atoms. The third-order valence-corrected chi connectivity index (χ3v) is 4.42. The van der Waals surface area contributed by atoms with Crippen molar-refractivity contribution in [2.75, 3.05) is 13.2 Å². The lowest BCUT2D eigenvalue weighted by molar-refractivity contribution is -0.318. The van der Waals surface area contributed by atoms with Crippen LogP contribution in [0.5, 0.6) is 0 Å². The van der Waals surface area contributed by atoms with Gasteiger partial charge in [0.05, 0.1) is 13.2 Å². The van der Waals surface area contributed by atoms with Gasteiger partial charge in [-0.1, -0.05) is 50.6 Å². The standard InChI is InChI=1S/C17H24O2/c1-16(2)12-18-17(19-13-16)11-7-6-10-15(17)14-8-4-3-5-9-14/h3-5,8-9,15H,6-7,10-13H2,1-2H3/t15-/m0/s1. The predicted octanol–water partition coefficient (Wildman–Crippen LogP) is 4.11. The van der Waals surface area contributed by atoms with E-state index in [1.54, 1.807) is 0 Å². The monoisotopic (exact) mass is 260 g/mol.